The lowest BCUT2D eigenvalue weighted by molar-refractivity contribution is 0.347. The van der Waals surface area contributed by atoms with Gasteiger partial charge in [0.1, 0.15) is 0 Å². The van der Waals surface area contributed by atoms with Crippen molar-refractivity contribution in [1.29, 1.82) is 0 Å². The Morgan fingerprint density at radius 2 is 1.85 bits per heavy atom. The molecule has 4 heteroatoms. The Balaban J connectivity index is 1.93. The SMILES string of the molecule is CC1CCC(c2c[nH]c(=O)c(-c3ncccn3)c2)CC1. The molecule has 2 aromatic heterocycles. The van der Waals surface area contributed by atoms with E-state index in [0.717, 1.165) is 5.92 Å². The first-order valence-corrected chi connectivity index (χ1v) is 7.24. The summed E-state index contributed by atoms with van der Waals surface area (Å²) in [6.45, 7) is 2.31. The van der Waals surface area contributed by atoms with Crippen molar-refractivity contribution in [2.24, 2.45) is 5.92 Å². The normalized spacial score (nSPS) is 22.6. The van der Waals surface area contributed by atoms with E-state index in [1.54, 1.807) is 18.5 Å². The quantitative estimate of drug-likeness (QED) is 0.911. The Bertz CT molecular complexity index is 628. The molecule has 0 aliphatic heterocycles. The molecular weight excluding hydrogens is 250 g/mol. The summed E-state index contributed by atoms with van der Waals surface area (Å²) in [5.41, 5.74) is 1.66. The minimum absolute atomic E-state index is 0.121. The molecule has 3 rings (SSSR count). The van der Waals surface area contributed by atoms with Crippen molar-refractivity contribution < 1.29 is 0 Å². The lowest BCUT2D eigenvalue weighted by Crippen LogP contribution is -2.15. The van der Waals surface area contributed by atoms with Gasteiger partial charge < -0.3 is 4.98 Å². The molecule has 0 aromatic carbocycles. The topological polar surface area (TPSA) is 58.6 Å². The number of aromatic amines is 1. The van der Waals surface area contributed by atoms with Crippen LogP contribution >= 0.6 is 0 Å². The van der Waals surface area contributed by atoms with E-state index in [1.807, 2.05) is 12.3 Å². The predicted molar refractivity (Wildman–Crippen MR) is 78.5 cm³/mol. The zero-order chi connectivity index (χ0) is 13.9. The molecule has 1 aliphatic rings. The Morgan fingerprint density at radius 1 is 1.15 bits per heavy atom. The molecule has 0 amide bonds. The molecule has 0 atom stereocenters. The van der Waals surface area contributed by atoms with Gasteiger partial charge in [0.15, 0.2) is 5.82 Å². The van der Waals surface area contributed by atoms with Crippen molar-refractivity contribution in [2.75, 3.05) is 0 Å². The third-order valence-corrected chi connectivity index (χ3v) is 4.22. The fourth-order valence-electron chi connectivity index (χ4n) is 2.93. The maximum absolute atomic E-state index is 12.0. The first kappa shape index (κ1) is 13.0. The number of hydrogen-bond acceptors (Lipinski definition) is 3. The Labute approximate surface area is 118 Å². The highest BCUT2D eigenvalue weighted by Gasteiger charge is 2.21. The molecule has 1 aliphatic carbocycles. The van der Waals surface area contributed by atoms with Crippen LogP contribution in [-0.4, -0.2) is 15.0 Å². The van der Waals surface area contributed by atoms with E-state index in [-0.39, 0.29) is 5.56 Å². The summed E-state index contributed by atoms with van der Waals surface area (Å²) in [5.74, 6) is 1.87. The van der Waals surface area contributed by atoms with Gasteiger partial charge in [-0.3, -0.25) is 4.79 Å². The molecule has 0 bridgehead atoms. The van der Waals surface area contributed by atoms with Gasteiger partial charge in [-0.05, 0) is 42.4 Å². The van der Waals surface area contributed by atoms with E-state index < -0.39 is 0 Å². The number of pyridine rings is 1. The maximum atomic E-state index is 12.0. The summed E-state index contributed by atoms with van der Waals surface area (Å²) in [5, 5.41) is 0. The second kappa shape index (κ2) is 5.57. The maximum Gasteiger partial charge on any atom is 0.259 e. The van der Waals surface area contributed by atoms with Crippen molar-refractivity contribution in [1.82, 2.24) is 15.0 Å². The van der Waals surface area contributed by atoms with Crippen molar-refractivity contribution in [3.05, 3.63) is 46.6 Å². The van der Waals surface area contributed by atoms with Crippen LogP contribution in [0.2, 0.25) is 0 Å². The van der Waals surface area contributed by atoms with Gasteiger partial charge in [-0.1, -0.05) is 19.8 Å². The largest absolute Gasteiger partial charge is 0.328 e. The molecule has 2 aromatic rings. The number of rotatable bonds is 2. The fraction of sp³-hybridized carbons (Fsp3) is 0.438. The second-order valence-electron chi connectivity index (χ2n) is 5.71. The molecule has 1 saturated carbocycles. The van der Waals surface area contributed by atoms with Gasteiger partial charge in [0.2, 0.25) is 0 Å². The third-order valence-electron chi connectivity index (χ3n) is 4.22. The molecule has 104 valence electrons. The zero-order valence-corrected chi connectivity index (χ0v) is 11.7. The molecule has 4 nitrogen and oxygen atoms in total. The van der Waals surface area contributed by atoms with Crippen molar-refractivity contribution in [3.63, 3.8) is 0 Å². The van der Waals surface area contributed by atoms with Crippen LogP contribution in [-0.2, 0) is 0 Å². The first-order valence-electron chi connectivity index (χ1n) is 7.24. The van der Waals surface area contributed by atoms with Crippen LogP contribution in [0.3, 0.4) is 0 Å². The lowest BCUT2D eigenvalue weighted by Gasteiger charge is -2.26. The number of H-pyrrole nitrogens is 1. The number of nitrogens with zero attached hydrogens (tertiary/aromatic N) is 2. The monoisotopic (exact) mass is 269 g/mol. The highest BCUT2D eigenvalue weighted by molar-refractivity contribution is 5.54. The van der Waals surface area contributed by atoms with E-state index in [9.17, 15) is 4.79 Å². The molecule has 1 fully saturated rings. The fourth-order valence-corrected chi connectivity index (χ4v) is 2.93. The standard InChI is InChI=1S/C16H19N3O/c1-11-3-5-12(6-4-11)13-9-14(16(20)19-10-13)15-17-7-2-8-18-15/h2,7-12H,3-6H2,1H3,(H,19,20). The zero-order valence-electron chi connectivity index (χ0n) is 11.7. The van der Waals surface area contributed by atoms with Crippen LogP contribution in [0.4, 0.5) is 0 Å². The van der Waals surface area contributed by atoms with Crippen LogP contribution in [0.1, 0.15) is 44.1 Å². The van der Waals surface area contributed by atoms with Crippen LogP contribution < -0.4 is 5.56 Å². The highest BCUT2D eigenvalue weighted by atomic mass is 16.1. The summed E-state index contributed by atoms with van der Waals surface area (Å²) < 4.78 is 0. The molecule has 0 spiro atoms. The number of aromatic nitrogens is 3. The van der Waals surface area contributed by atoms with E-state index in [1.165, 1.54) is 31.2 Å². The number of hydrogen-bond donors (Lipinski definition) is 1. The Morgan fingerprint density at radius 3 is 2.55 bits per heavy atom. The van der Waals surface area contributed by atoms with Crippen LogP contribution in [0.25, 0.3) is 11.4 Å². The van der Waals surface area contributed by atoms with E-state index >= 15 is 0 Å². The molecule has 0 saturated heterocycles. The molecule has 0 radical (unpaired) electrons. The first-order chi connectivity index (χ1) is 9.74. The summed E-state index contributed by atoms with van der Waals surface area (Å²) in [4.78, 5) is 23.2. The van der Waals surface area contributed by atoms with Gasteiger partial charge in [-0.15, -0.1) is 0 Å². The average Bonchev–Trinajstić information content (AvgIpc) is 2.50. The second-order valence-corrected chi connectivity index (χ2v) is 5.71. The van der Waals surface area contributed by atoms with Crippen molar-refractivity contribution >= 4 is 0 Å². The summed E-state index contributed by atoms with van der Waals surface area (Å²) in [6, 6.07) is 3.72. The van der Waals surface area contributed by atoms with Gasteiger partial charge in [0.05, 0.1) is 5.56 Å². The Kier molecular flexibility index (Phi) is 3.63. The molecule has 2 heterocycles. The summed E-state index contributed by atoms with van der Waals surface area (Å²) in [6.07, 6.45) is 10.1. The third kappa shape index (κ3) is 2.64. The van der Waals surface area contributed by atoms with Gasteiger partial charge >= 0.3 is 0 Å². The van der Waals surface area contributed by atoms with E-state index in [4.69, 9.17) is 0 Å². The Hall–Kier alpha value is -1.97. The minimum Gasteiger partial charge on any atom is -0.328 e. The molecule has 20 heavy (non-hydrogen) atoms. The molecular formula is C16H19N3O. The van der Waals surface area contributed by atoms with Crippen molar-refractivity contribution in [3.8, 4) is 11.4 Å². The van der Waals surface area contributed by atoms with Gasteiger partial charge in [0, 0.05) is 18.6 Å². The average molecular weight is 269 g/mol. The lowest BCUT2D eigenvalue weighted by atomic mass is 9.80. The van der Waals surface area contributed by atoms with E-state index in [2.05, 4.69) is 21.9 Å². The number of nitrogens with one attached hydrogen (secondary N) is 1. The minimum atomic E-state index is -0.121. The van der Waals surface area contributed by atoms with Crippen LogP contribution in [0, 0.1) is 5.92 Å². The van der Waals surface area contributed by atoms with Gasteiger partial charge in [0.25, 0.3) is 5.56 Å². The smallest absolute Gasteiger partial charge is 0.259 e. The summed E-state index contributed by atoms with van der Waals surface area (Å²) >= 11 is 0. The van der Waals surface area contributed by atoms with Crippen LogP contribution in [0.15, 0.2) is 35.5 Å². The van der Waals surface area contributed by atoms with Crippen LogP contribution in [0.5, 0.6) is 0 Å². The summed E-state index contributed by atoms with van der Waals surface area (Å²) in [7, 11) is 0. The highest BCUT2D eigenvalue weighted by Crippen LogP contribution is 2.35. The van der Waals surface area contributed by atoms with E-state index in [0.29, 0.717) is 17.3 Å². The molecule has 0 unspecified atom stereocenters. The van der Waals surface area contributed by atoms with Gasteiger partial charge in [-0.2, -0.15) is 0 Å². The molecule has 1 N–H and O–H groups in total. The van der Waals surface area contributed by atoms with Crippen molar-refractivity contribution in [2.45, 2.75) is 38.5 Å². The predicted octanol–water partition coefficient (Wildman–Crippen LogP) is 3.13. The van der Waals surface area contributed by atoms with Gasteiger partial charge in [-0.25, -0.2) is 9.97 Å².